The van der Waals surface area contributed by atoms with Gasteiger partial charge in [0.05, 0.1) is 17.1 Å². The Labute approximate surface area is 185 Å². The Hall–Kier alpha value is -1.76. The number of nitrogens with zero attached hydrogens (tertiary/aromatic N) is 2. The fraction of sp³-hybridized carbons (Fsp3) is 0.250. The standard InChI is InChI=1S/C20H17ClIN3O2S/c1-4-28-20-17(22)18(26)13-8-10(2)7-12(19(13)27-20)11(3)24-14-5-6-16(21)25-15(14)9-23/h5-8,11,24H,4H2,1-3H3/t11-/m1/s1. The highest BCUT2D eigenvalue weighted by molar-refractivity contribution is 14.1. The fourth-order valence-electron chi connectivity index (χ4n) is 2.93. The summed E-state index contributed by atoms with van der Waals surface area (Å²) in [7, 11) is 0. The minimum atomic E-state index is -0.222. The van der Waals surface area contributed by atoms with Crippen molar-refractivity contribution in [3.63, 3.8) is 0 Å². The lowest BCUT2D eigenvalue weighted by molar-refractivity contribution is 0.488. The van der Waals surface area contributed by atoms with Gasteiger partial charge in [0, 0.05) is 5.56 Å². The Bertz CT molecular complexity index is 1160. The highest BCUT2D eigenvalue weighted by atomic mass is 127. The van der Waals surface area contributed by atoms with Crippen molar-refractivity contribution in [2.45, 2.75) is 31.9 Å². The molecule has 0 aliphatic heterocycles. The van der Waals surface area contributed by atoms with Gasteiger partial charge >= 0.3 is 0 Å². The average Bonchev–Trinajstić information content (AvgIpc) is 2.67. The molecule has 0 fully saturated rings. The molecule has 0 radical (unpaired) electrons. The maximum absolute atomic E-state index is 12.9. The third kappa shape index (κ3) is 4.14. The van der Waals surface area contributed by atoms with Gasteiger partial charge in [0.1, 0.15) is 20.4 Å². The van der Waals surface area contributed by atoms with Gasteiger partial charge in [-0.25, -0.2) is 4.98 Å². The molecule has 0 aliphatic carbocycles. The number of halogens is 2. The average molecular weight is 526 g/mol. The van der Waals surface area contributed by atoms with E-state index in [1.54, 1.807) is 12.1 Å². The number of fused-ring (bicyclic) bond motifs is 1. The van der Waals surface area contributed by atoms with Crippen LogP contribution in [0.15, 0.2) is 38.6 Å². The van der Waals surface area contributed by atoms with Crippen LogP contribution < -0.4 is 10.7 Å². The van der Waals surface area contributed by atoms with E-state index in [-0.39, 0.29) is 22.3 Å². The lowest BCUT2D eigenvalue weighted by atomic mass is 10.0. The molecule has 0 saturated heterocycles. The molecular weight excluding hydrogens is 509 g/mol. The molecule has 144 valence electrons. The van der Waals surface area contributed by atoms with Gasteiger partial charge in [0.2, 0.25) is 5.43 Å². The molecule has 1 aromatic carbocycles. The normalized spacial score (nSPS) is 12.0. The molecule has 2 heterocycles. The van der Waals surface area contributed by atoms with Crippen molar-refractivity contribution >= 4 is 62.6 Å². The molecule has 1 atom stereocenters. The minimum absolute atomic E-state index is 0.0270. The molecule has 3 rings (SSSR count). The van der Waals surface area contributed by atoms with Crippen LogP contribution in [0.5, 0.6) is 0 Å². The van der Waals surface area contributed by atoms with Gasteiger partial charge in [-0.15, -0.1) is 0 Å². The SMILES string of the molecule is CCSc1oc2c([C@@H](C)Nc3ccc(Cl)nc3C#N)cc(C)cc2c(=O)c1I. The third-order valence-electron chi connectivity index (χ3n) is 4.16. The maximum Gasteiger partial charge on any atom is 0.207 e. The number of thioether (sulfide) groups is 1. The van der Waals surface area contributed by atoms with E-state index >= 15 is 0 Å². The first-order chi connectivity index (χ1) is 13.3. The Morgan fingerprint density at radius 3 is 2.86 bits per heavy atom. The Morgan fingerprint density at radius 2 is 2.18 bits per heavy atom. The molecule has 0 bridgehead atoms. The zero-order valence-electron chi connectivity index (χ0n) is 15.5. The predicted molar refractivity (Wildman–Crippen MR) is 122 cm³/mol. The monoisotopic (exact) mass is 525 g/mol. The molecule has 2 aromatic heterocycles. The van der Waals surface area contributed by atoms with Gasteiger partial charge in [-0.05, 0) is 66.0 Å². The Morgan fingerprint density at radius 1 is 1.43 bits per heavy atom. The highest BCUT2D eigenvalue weighted by Gasteiger charge is 2.19. The minimum Gasteiger partial charge on any atom is -0.448 e. The summed E-state index contributed by atoms with van der Waals surface area (Å²) in [6.07, 6.45) is 0. The van der Waals surface area contributed by atoms with E-state index in [0.29, 0.717) is 25.3 Å². The predicted octanol–water partition coefficient (Wildman–Crippen LogP) is 5.91. The number of benzene rings is 1. The summed E-state index contributed by atoms with van der Waals surface area (Å²) in [5.41, 5.74) is 3.14. The first-order valence-electron chi connectivity index (χ1n) is 8.58. The quantitative estimate of drug-likeness (QED) is 0.253. The lowest BCUT2D eigenvalue weighted by Crippen LogP contribution is -2.13. The molecule has 0 amide bonds. The second kappa shape index (κ2) is 8.72. The number of nitrogens with one attached hydrogen (secondary N) is 1. The van der Waals surface area contributed by atoms with E-state index < -0.39 is 0 Å². The second-order valence-electron chi connectivity index (χ2n) is 6.20. The van der Waals surface area contributed by atoms with Crippen molar-refractivity contribution in [2.24, 2.45) is 0 Å². The van der Waals surface area contributed by atoms with Crippen LogP contribution in [0.3, 0.4) is 0 Å². The fourth-order valence-corrected chi connectivity index (χ4v) is 4.56. The second-order valence-corrected chi connectivity index (χ2v) is 8.91. The smallest absolute Gasteiger partial charge is 0.207 e. The Kier molecular flexibility index (Phi) is 6.53. The summed E-state index contributed by atoms with van der Waals surface area (Å²) in [5, 5.41) is 14.1. The van der Waals surface area contributed by atoms with Gasteiger partial charge in [0.15, 0.2) is 10.8 Å². The topological polar surface area (TPSA) is 78.9 Å². The maximum atomic E-state index is 12.9. The third-order valence-corrected chi connectivity index (χ3v) is 6.56. The van der Waals surface area contributed by atoms with E-state index in [9.17, 15) is 10.1 Å². The van der Waals surface area contributed by atoms with Crippen molar-refractivity contribution in [3.8, 4) is 6.07 Å². The molecule has 0 spiro atoms. The molecule has 28 heavy (non-hydrogen) atoms. The van der Waals surface area contributed by atoms with Crippen LogP contribution >= 0.6 is 46.0 Å². The molecule has 0 aliphatic rings. The van der Waals surface area contributed by atoms with E-state index in [1.807, 2.05) is 61.6 Å². The summed E-state index contributed by atoms with van der Waals surface area (Å²) in [6.45, 7) is 5.91. The van der Waals surface area contributed by atoms with Crippen LogP contribution in [0.2, 0.25) is 5.15 Å². The summed E-state index contributed by atoms with van der Waals surface area (Å²) < 4.78 is 6.75. The van der Waals surface area contributed by atoms with Crippen molar-refractivity contribution in [1.29, 1.82) is 5.26 Å². The number of aryl methyl sites for hydroxylation is 1. The van der Waals surface area contributed by atoms with E-state index in [2.05, 4.69) is 10.3 Å². The number of anilines is 1. The summed E-state index contributed by atoms with van der Waals surface area (Å²) in [4.78, 5) is 16.9. The first-order valence-corrected chi connectivity index (χ1v) is 11.0. The van der Waals surface area contributed by atoms with Crippen LogP contribution in [-0.2, 0) is 0 Å². The van der Waals surface area contributed by atoms with Gasteiger partial charge in [-0.3, -0.25) is 4.79 Å². The van der Waals surface area contributed by atoms with E-state index in [4.69, 9.17) is 16.0 Å². The van der Waals surface area contributed by atoms with E-state index in [0.717, 1.165) is 16.9 Å². The molecule has 3 aromatic rings. The van der Waals surface area contributed by atoms with Crippen LogP contribution in [0.25, 0.3) is 11.0 Å². The first kappa shape index (κ1) is 21.0. The molecule has 5 nitrogen and oxygen atoms in total. The zero-order chi connectivity index (χ0) is 20.4. The zero-order valence-corrected chi connectivity index (χ0v) is 19.2. The highest BCUT2D eigenvalue weighted by Crippen LogP contribution is 2.32. The van der Waals surface area contributed by atoms with Crippen LogP contribution in [0.4, 0.5) is 5.69 Å². The number of aromatic nitrogens is 1. The van der Waals surface area contributed by atoms with Crippen LogP contribution in [0.1, 0.15) is 36.7 Å². The van der Waals surface area contributed by atoms with E-state index in [1.165, 1.54) is 11.8 Å². The van der Waals surface area contributed by atoms with Crippen molar-refractivity contribution in [1.82, 2.24) is 4.98 Å². The number of nitriles is 1. The van der Waals surface area contributed by atoms with Crippen LogP contribution in [0, 0.1) is 21.8 Å². The number of hydrogen-bond donors (Lipinski definition) is 1. The summed E-state index contributed by atoms with van der Waals surface area (Å²) in [6, 6.07) is 9.02. The van der Waals surface area contributed by atoms with Crippen molar-refractivity contribution in [3.05, 3.63) is 60.0 Å². The van der Waals surface area contributed by atoms with Crippen molar-refractivity contribution in [2.75, 3.05) is 11.1 Å². The number of pyridine rings is 1. The van der Waals surface area contributed by atoms with Gasteiger partial charge in [0.25, 0.3) is 0 Å². The molecular formula is C20H17ClIN3O2S. The largest absolute Gasteiger partial charge is 0.448 e. The lowest BCUT2D eigenvalue weighted by Gasteiger charge is -2.19. The van der Waals surface area contributed by atoms with Gasteiger partial charge < -0.3 is 9.73 Å². The van der Waals surface area contributed by atoms with Gasteiger partial charge in [-0.2, -0.15) is 5.26 Å². The summed E-state index contributed by atoms with van der Waals surface area (Å²) >= 11 is 9.44. The summed E-state index contributed by atoms with van der Waals surface area (Å²) in [5.74, 6) is 0.807. The number of rotatable bonds is 5. The van der Waals surface area contributed by atoms with Crippen LogP contribution in [-0.4, -0.2) is 10.7 Å². The molecule has 1 N–H and O–H groups in total. The van der Waals surface area contributed by atoms with Gasteiger partial charge in [-0.1, -0.05) is 36.4 Å². The molecule has 0 unspecified atom stereocenters. The van der Waals surface area contributed by atoms with Crippen molar-refractivity contribution < 1.29 is 4.42 Å². The molecule has 0 saturated carbocycles. The molecule has 8 heteroatoms. The number of hydrogen-bond acceptors (Lipinski definition) is 6. The Balaban J connectivity index is 2.14.